The van der Waals surface area contributed by atoms with Gasteiger partial charge >= 0.3 is 0 Å². The van der Waals surface area contributed by atoms with Crippen LogP contribution in [-0.2, 0) is 28.5 Å². The van der Waals surface area contributed by atoms with Crippen LogP contribution in [0.25, 0.3) is 0 Å². The highest BCUT2D eigenvalue weighted by Crippen LogP contribution is 2.02. The smallest absolute Gasteiger partial charge is 0.246 e. The normalized spacial score (nSPS) is 13.1. The van der Waals surface area contributed by atoms with Gasteiger partial charge in [-0.05, 0) is 20.8 Å². The molecule has 1 atom stereocenters. The van der Waals surface area contributed by atoms with Gasteiger partial charge in [0.25, 0.3) is 0 Å². The molecule has 0 aromatic rings. The van der Waals surface area contributed by atoms with Crippen molar-refractivity contribution in [2.75, 3.05) is 86.7 Å². The van der Waals surface area contributed by atoms with Crippen LogP contribution in [0.2, 0.25) is 0 Å². The molecule has 0 fully saturated rings. The summed E-state index contributed by atoms with van der Waals surface area (Å²) in [5.41, 5.74) is 0.740. The lowest BCUT2D eigenvalue weighted by Crippen LogP contribution is -2.42. The zero-order valence-electron chi connectivity index (χ0n) is 21.3. The Morgan fingerprint density at radius 3 is 2.06 bits per heavy atom. The van der Waals surface area contributed by atoms with E-state index in [0.29, 0.717) is 63.8 Å². The Labute approximate surface area is 200 Å². The summed E-state index contributed by atoms with van der Waals surface area (Å²) < 4.78 is 21.5. The Bertz CT molecular complexity index is 557. The minimum absolute atomic E-state index is 0.0148. The molecule has 0 saturated carbocycles. The third-order valence-electron chi connectivity index (χ3n) is 4.51. The first-order valence-corrected chi connectivity index (χ1v) is 11.7. The van der Waals surface area contributed by atoms with Gasteiger partial charge in [-0.2, -0.15) is 4.99 Å². The van der Waals surface area contributed by atoms with Gasteiger partial charge in [0.2, 0.25) is 11.8 Å². The van der Waals surface area contributed by atoms with Crippen LogP contribution in [0.4, 0.5) is 0 Å². The van der Waals surface area contributed by atoms with E-state index in [1.807, 2.05) is 20.8 Å². The molecule has 10 nitrogen and oxygen atoms in total. The average Bonchev–Trinajstić information content (AvgIpc) is 2.75. The molecule has 0 rings (SSSR count). The Morgan fingerprint density at radius 1 is 0.939 bits per heavy atom. The third-order valence-corrected chi connectivity index (χ3v) is 4.51. The fourth-order valence-electron chi connectivity index (χ4n) is 2.79. The summed E-state index contributed by atoms with van der Waals surface area (Å²) in [5.74, 6) is -0.282. The van der Waals surface area contributed by atoms with Crippen molar-refractivity contribution in [3.63, 3.8) is 0 Å². The van der Waals surface area contributed by atoms with Crippen molar-refractivity contribution < 1.29 is 33.0 Å². The molecule has 1 unspecified atom stereocenters. The Morgan fingerprint density at radius 2 is 1.48 bits per heavy atom. The second-order valence-electron chi connectivity index (χ2n) is 8.40. The summed E-state index contributed by atoms with van der Waals surface area (Å²) in [6, 6.07) is -0.0779. The predicted octanol–water partition coefficient (Wildman–Crippen LogP) is 0.803. The third kappa shape index (κ3) is 20.6. The van der Waals surface area contributed by atoms with Crippen molar-refractivity contribution in [3.05, 3.63) is 6.92 Å². The van der Waals surface area contributed by atoms with Gasteiger partial charge in [0.05, 0.1) is 53.5 Å². The van der Waals surface area contributed by atoms with Crippen molar-refractivity contribution in [2.45, 2.75) is 39.7 Å². The zero-order valence-corrected chi connectivity index (χ0v) is 21.3. The molecular weight excluding hydrogens is 428 g/mol. The minimum Gasteiger partial charge on any atom is -0.379 e. The second kappa shape index (κ2) is 19.7. The van der Waals surface area contributed by atoms with Crippen LogP contribution in [0.5, 0.6) is 0 Å². The van der Waals surface area contributed by atoms with Crippen LogP contribution in [0.15, 0.2) is 4.99 Å². The molecule has 0 aromatic carbocycles. The van der Waals surface area contributed by atoms with Crippen molar-refractivity contribution in [2.24, 2.45) is 4.99 Å². The highest BCUT2D eigenvalue weighted by molar-refractivity contribution is 5.89. The number of carbonyl (C=O) groups excluding carboxylic acids is 2. The van der Waals surface area contributed by atoms with E-state index in [4.69, 9.17) is 18.9 Å². The average molecular weight is 475 g/mol. The van der Waals surface area contributed by atoms with Gasteiger partial charge in [0.15, 0.2) is 12.4 Å². The standard InChI is InChI=1S/C23H44N4O6/c1-7-30-12-14-32-17-22(28)24-10-9-11-27(5,6)19-25-20(3)16-21(4)26-23(29)18-33-15-13-31-8-2/h21H,3,7-19H2,1-2,4-6H3/p+2/b25-20+. The highest BCUT2D eigenvalue weighted by Gasteiger charge is 2.17. The van der Waals surface area contributed by atoms with Crippen molar-refractivity contribution in [1.29, 1.82) is 0 Å². The molecule has 0 saturated heterocycles. The second-order valence-corrected chi connectivity index (χ2v) is 8.40. The van der Waals surface area contributed by atoms with E-state index in [1.54, 1.807) is 0 Å². The molecule has 33 heavy (non-hydrogen) atoms. The van der Waals surface area contributed by atoms with Crippen molar-refractivity contribution in [1.82, 2.24) is 10.6 Å². The molecule has 0 aliphatic rings. The molecule has 0 aliphatic carbocycles. The fourth-order valence-corrected chi connectivity index (χ4v) is 2.79. The molecule has 2 N–H and O–H groups in total. The van der Waals surface area contributed by atoms with Crippen LogP contribution in [0.1, 0.15) is 33.6 Å². The fraction of sp³-hybridized carbons (Fsp3) is 0.826. The molecular formula is C23H46N4O6+2. The Hall–Kier alpha value is -1.72. The summed E-state index contributed by atoms with van der Waals surface area (Å²) in [5, 5.41) is 5.75. The quantitative estimate of drug-likeness (QED) is 0.110. The number of amides is 2. The maximum Gasteiger partial charge on any atom is 0.246 e. The van der Waals surface area contributed by atoms with Gasteiger partial charge in [0, 0.05) is 32.2 Å². The van der Waals surface area contributed by atoms with Gasteiger partial charge in [-0.25, -0.2) is 0 Å². The number of hydrogen-bond acceptors (Lipinski definition) is 7. The monoisotopic (exact) mass is 474 g/mol. The summed E-state index contributed by atoms with van der Waals surface area (Å²) in [7, 11) is 4.17. The first-order valence-electron chi connectivity index (χ1n) is 11.7. The molecule has 0 radical (unpaired) electrons. The molecule has 0 bridgehead atoms. The Kier molecular flexibility index (Phi) is 18.7. The maximum absolute atomic E-state index is 11.9. The SMILES string of the molecule is [CH2+]/C(CC(C)NC(=O)COCCOCC)=N\C[N+](C)(C)CCCNC(=O)COCCOCC. The number of nitrogens with zero attached hydrogens (tertiary/aromatic N) is 2. The summed E-state index contributed by atoms with van der Waals surface area (Å²) in [6.07, 6.45) is 1.40. The summed E-state index contributed by atoms with van der Waals surface area (Å²) in [6.45, 7) is 14.9. The summed E-state index contributed by atoms with van der Waals surface area (Å²) >= 11 is 0. The number of rotatable bonds is 21. The van der Waals surface area contributed by atoms with Crippen LogP contribution in [0, 0.1) is 6.92 Å². The van der Waals surface area contributed by atoms with Crippen LogP contribution in [0.3, 0.4) is 0 Å². The van der Waals surface area contributed by atoms with E-state index in [-0.39, 0.29) is 31.1 Å². The minimum atomic E-state index is -0.162. The molecule has 0 spiro atoms. The molecule has 0 heterocycles. The van der Waals surface area contributed by atoms with Gasteiger partial charge in [-0.3, -0.25) is 9.59 Å². The predicted molar refractivity (Wildman–Crippen MR) is 129 cm³/mol. The number of hydrogen-bond donors (Lipinski definition) is 2. The van der Waals surface area contributed by atoms with E-state index in [2.05, 4.69) is 36.6 Å². The molecule has 0 aromatic heterocycles. The zero-order chi connectivity index (χ0) is 25.0. The van der Waals surface area contributed by atoms with E-state index >= 15 is 0 Å². The van der Waals surface area contributed by atoms with Crippen LogP contribution in [-0.4, -0.2) is 115 Å². The first kappa shape index (κ1) is 31.3. The summed E-state index contributed by atoms with van der Waals surface area (Å²) in [4.78, 5) is 28.2. The maximum atomic E-state index is 11.9. The van der Waals surface area contributed by atoms with E-state index < -0.39 is 0 Å². The molecule has 0 aliphatic heterocycles. The first-order chi connectivity index (χ1) is 15.7. The number of nitrogens with one attached hydrogen (secondary N) is 2. The van der Waals surface area contributed by atoms with E-state index in [1.165, 1.54) is 0 Å². The van der Waals surface area contributed by atoms with Gasteiger partial charge in [0.1, 0.15) is 20.1 Å². The molecule has 10 heteroatoms. The molecule has 192 valence electrons. The Balaban J connectivity index is 4.00. The lowest BCUT2D eigenvalue weighted by atomic mass is 10.1. The van der Waals surface area contributed by atoms with Gasteiger partial charge in [-0.15, -0.1) is 0 Å². The van der Waals surface area contributed by atoms with Crippen molar-refractivity contribution >= 4 is 17.5 Å². The number of aliphatic imine (C=N–C) groups is 1. The van der Waals surface area contributed by atoms with Crippen LogP contribution >= 0.6 is 0 Å². The lowest BCUT2D eigenvalue weighted by molar-refractivity contribution is -0.889. The molecule has 2 amide bonds. The van der Waals surface area contributed by atoms with E-state index in [0.717, 1.165) is 18.7 Å². The topological polar surface area (TPSA) is 107 Å². The number of quaternary nitrogens is 1. The van der Waals surface area contributed by atoms with Gasteiger partial charge in [-0.1, -0.05) is 0 Å². The van der Waals surface area contributed by atoms with Gasteiger partial charge < -0.3 is 34.1 Å². The number of ether oxygens (including phenoxy) is 4. The highest BCUT2D eigenvalue weighted by atomic mass is 16.5. The van der Waals surface area contributed by atoms with E-state index in [9.17, 15) is 9.59 Å². The van der Waals surface area contributed by atoms with Crippen molar-refractivity contribution in [3.8, 4) is 0 Å². The number of carbonyl (C=O) groups is 2. The largest absolute Gasteiger partial charge is 0.379 e. The van der Waals surface area contributed by atoms with Crippen LogP contribution < -0.4 is 10.6 Å². The lowest BCUT2D eigenvalue weighted by Gasteiger charge is -2.27.